The van der Waals surface area contributed by atoms with Crippen molar-refractivity contribution in [2.45, 2.75) is 19.4 Å². The second kappa shape index (κ2) is 11.7. The van der Waals surface area contributed by atoms with Gasteiger partial charge in [0.15, 0.2) is 0 Å². The fourth-order valence-corrected chi connectivity index (χ4v) is 5.14. The number of piperidine rings is 1. The highest BCUT2D eigenvalue weighted by Gasteiger charge is 2.25. The van der Waals surface area contributed by atoms with Crippen LogP contribution in [0.15, 0.2) is 53.8 Å². The summed E-state index contributed by atoms with van der Waals surface area (Å²) in [6.45, 7) is 3.50. The first kappa shape index (κ1) is 25.8. The zero-order chi connectivity index (χ0) is 26.5. The molecule has 2 N–H and O–H groups in total. The third-order valence-corrected chi connectivity index (χ3v) is 7.35. The monoisotopic (exact) mass is 530 g/mol. The number of amides is 2. The number of imide groups is 1. The van der Waals surface area contributed by atoms with Gasteiger partial charge in [-0.2, -0.15) is 0 Å². The molecule has 2 saturated heterocycles. The van der Waals surface area contributed by atoms with Gasteiger partial charge in [0.25, 0.3) is 11.1 Å². The maximum absolute atomic E-state index is 11.8. The van der Waals surface area contributed by atoms with Crippen LogP contribution in [0.5, 0.6) is 0 Å². The van der Waals surface area contributed by atoms with Crippen molar-refractivity contribution >= 4 is 40.9 Å². The molecule has 10 nitrogen and oxygen atoms in total. The van der Waals surface area contributed by atoms with Crippen molar-refractivity contribution in [1.82, 2.24) is 30.6 Å². The molecular weight excluding hydrogens is 500 g/mol. The van der Waals surface area contributed by atoms with E-state index in [1.165, 1.54) is 5.56 Å². The van der Waals surface area contributed by atoms with Crippen LogP contribution in [-0.2, 0) is 11.3 Å². The molecule has 1 aromatic carbocycles. The van der Waals surface area contributed by atoms with Crippen LogP contribution < -0.4 is 20.4 Å². The first-order valence-electron chi connectivity index (χ1n) is 12.6. The van der Waals surface area contributed by atoms with Crippen molar-refractivity contribution in [3.05, 3.63) is 65.1 Å². The molecule has 3 aromatic rings. The average Bonchev–Trinajstić information content (AvgIpc) is 3.25. The fraction of sp³-hybridized carbons (Fsp3) is 0.333. The molecule has 2 aromatic heterocycles. The SMILES string of the molecule is CN(C)c1ncc(-c2cccc(CNCC3CCN(c4nccc(C=C5SC(=O)NC5=O)n4)CC3)c2)cn1. The van der Waals surface area contributed by atoms with Gasteiger partial charge in [0, 0.05) is 57.9 Å². The summed E-state index contributed by atoms with van der Waals surface area (Å²) in [6, 6.07) is 10.2. The molecule has 0 saturated carbocycles. The molecule has 4 heterocycles. The van der Waals surface area contributed by atoms with Gasteiger partial charge in [-0.25, -0.2) is 19.9 Å². The predicted octanol–water partition coefficient (Wildman–Crippen LogP) is 3.33. The van der Waals surface area contributed by atoms with Crippen LogP contribution in [0.1, 0.15) is 24.1 Å². The van der Waals surface area contributed by atoms with Crippen LogP contribution in [0, 0.1) is 5.92 Å². The van der Waals surface area contributed by atoms with Crippen LogP contribution in [-0.4, -0.2) is 64.8 Å². The minimum Gasteiger partial charge on any atom is -0.347 e. The van der Waals surface area contributed by atoms with Crippen molar-refractivity contribution in [3.8, 4) is 11.1 Å². The van der Waals surface area contributed by atoms with E-state index in [0.717, 1.165) is 61.9 Å². The number of carbonyl (C=O) groups excluding carboxylic acids is 2. The molecule has 2 fully saturated rings. The zero-order valence-electron chi connectivity index (χ0n) is 21.4. The number of rotatable bonds is 8. The van der Waals surface area contributed by atoms with E-state index in [2.05, 4.69) is 59.7 Å². The van der Waals surface area contributed by atoms with E-state index in [0.29, 0.717) is 28.4 Å². The van der Waals surface area contributed by atoms with Crippen molar-refractivity contribution < 1.29 is 9.59 Å². The first-order valence-corrected chi connectivity index (χ1v) is 13.4. The highest BCUT2D eigenvalue weighted by Crippen LogP contribution is 2.26. The van der Waals surface area contributed by atoms with Gasteiger partial charge in [0.05, 0.1) is 10.6 Å². The minimum atomic E-state index is -0.382. The van der Waals surface area contributed by atoms with E-state index in [4.69, 9.17) is 0 Å². The predicted molar refractivity (Wildman–Crippen MR) is 150 cm³/mol. The Morgan fingerprint density at radius 1 is 1.11 bits per heavy atom. The normalized spacial score (nSPS) is 17.2. The standard InChI is InChI=1S/C27H30N8O2S/c1-34(2)25-30-16-21(17-31-25)20-5-3-4-19(12-20)15-28-14-18-7-10-35(11-8-18)26-29-9-6-22(32-26)13-23-24(36)33-27(37)38-23/h3-6,9,12-13,16-18,28H,7-8,10-11,14-15H2,1-2H3,(H,33,36,37). The quantitative estimate of drug-likeness (QED) is 0.420. The summed E-state index contributed by atoms with van der Waals surface area (Å²) in [7, 11) is 3.86. The summed E-state index contributed by atoms with van der Waals surface area (Å²) in [6.07, 6.45) is 9.15. The molecule has 38 heavy (non-hydrogen) atoms. The molecule has 196 valence electrons. The summed E-state index contributed by atoms with van der Waals surface area (Å²) in [5.74, 6) is 1.55. The Hall–Kier alpha value is -3.83. The molecule has 0 spiro atoms. The van der Waals surface area contributed by atoms with Crippen molar-refractivity contribution in [1.29, 1.82) is 0 Å². The van der Waals surface area contributed by atoms with E-state index in [9.17, 15) is 9.59 Å². The first-order chi connectivity index (χ1) is 18.4. The third-order valence-electron chi connectivity index (χ3n) is 6.54. The van der Waals surface area contributed by atoms with Crippen molar-refractivity contribution in [3.63, 3.8) is 0 Å². The van der Waals surface area contributed by atoms with E-state index in [-0.39, 0.29) is 11.1 Å². The van der Waals surface area contributed by atoms with Gasteiger partial charge in [0.1, 0.15) is 0 Å². The molecule has 11 heteroatoms. The zero-order valence-corrected chi connectivity index (χ0v) is 22.2. The molecule has 0 atom stereocenters. The van der Waals surface area contributed by atoms with Gasteiger partial charge in [-0.05, 0) is 66.4 Å². The summed E-state index contributed by atoms with van der Waals surface area (Å²) >= 11 is 0.890. The topological polar surface area (TPSA) is 116 Å². The number of hydrogen-bond donors (Lipinski definition) is 2. The lowest BCUT2D eigenvalue weighted by molar-refractivity contribution is -0.115. The van der Waals surface area contributed by atoms with E-state index in [1.54, 1.807) is 18.3 Å². The number of benzene rings is 1. The summed E-state index contributed by atoms with van der Waals surface area (Å²) in [5.41, 5.74) is 3.96. The molecule has 2 aliphatic heterocycles. The molecule has 0 bridgehead atoms. The lowest BCUT2D eigenvalue weighted by Crippen LogP contribution is -2.38. The third kappa shape index (κ3) is 6.35. The van der Waals surface area contributed by atoms with Gasteiger partial charge >= 0.3 is 0 Å². The lowest BCUT2D eigenvalue weighted by atomic mass is 9.97. The van der Waals surface area contributed by atoms with Gasteiger partial charge in [-0.3, -0.25) is 14.9 Å². The summed E-state index contributed by atoms with van der Waals surface area (Å²) in [4.78, 5) is 45.5. The van der Waals surface area contributed by atoms with E-state index in [1.807, 2.05) is 31.4 Å². The van der Waals surface area contributed by atoms with Crippen LogP contribution in [0.4, 0.5) is 16.7 Å². The Bertz CT molecular complexity index is 1340. The smallest absolute Gasteiger partial charge is 0.290 e. The van der Waals surface area contributed by atoms with Crippen molar-refractivity contribution in [2.24, 2.45) is 5.92 Å². The van der Waals surface area contributed by atoms with Crippen LogP contribution in [0.2, 0.25) is 0 Å². The Labute approximate surface area is 226 Å². The Morgan fingerprint density at radius 2 is 1.89 bits per heavy atom. The van der Waals surface area contributed by atoms with E-state index >= 15 is 0 Å². The minimum absolute atomic E-state index is 0.352. The summed E-state index contributed by atoms with van der Waals surface area (Å²) in [5, 5.41) is 5.53. The molecule has 2 amide bonds. The molecule has 5 rings (SSSR count). The van der Waals surface area contributed by atoms with Crippen LogP contribution >= 0.6 is 11.8 Å². The van der Waals surface area contributed by atoms with Gasteiger partial charge in [-0.1, -0.05) is 18.2 Å². The van der Waals surface area contributed by atoms with Crippen LogP contribution in [0.3, 0.4) is 0 Å². The van der Waals surface area contributed by atoms with Crippen LogP contribution in [0.25, 0.3) is 17.2 Å². The number of aromatic nitrogens is 4. The number of hydrogen-bond acceptors (Lipinski definition) is 10. The maximum atomic E-state index is 11.8. The number of anilines is 2. The second-order valence-electron chi connectivity index (χ2n) is 9.56. The van der Waals surface area contributed by atoms with Gasteiger partial charge < -0.3 is 15.1 Å². The Kier molecular flexibility index (Phi) is 7.94. The average molecular weight is 531 g/mol. The number of carbonyl (C=O) groups is 2. The maximum Gasteiger partial charge on any atom is 0.290 e. The number of nitrogens with zero attached hydrogens (tertiary/aromatic N) is 6. The molecule has 2 aliphatic rings. The highest BCUT2D eigenvalue weighted by molar-refractivity contribution is 8.18. The largest absolute Gasteiger partial charge is 0.347 e. The van der Waals surface area contributed by atoms with Gasteiger partial charge in [-0.15, -0.1) is 0 Å². The molecular formula is C27H30N8O2S. The fourth-order valence-electron chi connectivity index (χ4n) is 4.47. The molecule has 0 radical (unpaired) electrons. The Morgan fingerprint density at radius 3 is 2.61 bits per heavy atom. The molecule has 0 unspecified atom stereocenters. The molecule has 0 aliphatic carbocycles. The van der Waals surface area contributed by atoms with Crippen molar-refractivity contribution in [2.75, 3.05) is 43.5 Å². The highest BCUT2D eigenvalue weighted by atomic mass is 32.2. The van der Waals surface area contributed by atoms with E-state index < -0.39 is 0 Å². The Balaban J connectivity index is 1.10. The number of nitrogens with one attached hydrogen (secondary N) is 2. The number of thioether (sulfide) groups is 1. The second-order valence-corrected chi connectivity index (χ2v) is 10.6. The lowest BCUT2D eigenvalue weighted by Gasteiger charge is -2.32. The summed E-state index contributed by atoms with van der Waals surface area (Å²) < 4.78 is 0. The van der Waals surface area contributed by atoms with Gasteiger partial charge in [0.2, 0.25) is 11.9 Å².